The van der Waals surface area contributed by atoms with Gasteiger partial charge < -0.3 is 8.92 Å². The van der Waals surface area contributed by atoms with E-state index in [2.05, 4.69) is 27.7 Å². The van der Waals surface area contributed by atoms with Crippen LogP contribution in [0.1, 0.15) is 71.8 Å². The Morgan fingerprint density at radius 2 is 1.79 bits per heavy atom. The molecule has 3 saturated carbocycles. The summed E-state index contributed by atoms with van der Waals surface area (Å²) in [7, 11) is -4.39. The molecule has 184 valence electrons. The molecule has 0 saturated heterocycles. The highest BCUT2D eigenvalue weighted by Crippen LogP contribution is 2.84. The van der Waals surface area contributed by atoms with Crippen LogP contribution in [0, 0.1) is 22.2 Å². The second-order valence-corrected chi connectivity index (χ2v) is 14.2. The van der Waals surface area contributed by atoms with Gasteiger partial charge in [0, 0.05) is 27.2 Å². The van der Waals surface area contributed by atoms with E-state index in [9.17, 15) is 21.6 Å². The van der Waals surface area contributed by atoms with Crippen molar-refractivity contribution in [1.29, 1.82) is 0 Å². The molecule has 0 radical (unpaired) electrons. The standard InChI is InChI=1S/C24H31F3O4S2/c1-20(2)8-6-9-21(3)17(20)7-10-22(4)19-15(31-33(28,29)24(25,26)27)11-14(30-5)12-16(19)32-18-13-23(18,21)22/h11-12,17-18H,6-10,13H2,1-5H3/t17?,18?,21-,22-,23?/m0/s1. The molecular formula is C24H31F3O4S2. The highest BCUT2D eigenvalue weighted by Gasteiger charge is 2.79. The Kier molecular flexibility index (Phi) is 4.85. The van der Waals surface area contributed by atoms with Crippen molar-refractivity contribution in [2.24, 2.45) is 22.2 Å². The smallest absolute Gasteiger partial charge is 0.497 e. The van der Waals surface area contributed by atoms with Gasteiger partial charge in [0.25, 0.3) is 0 Å². The Hall–Kier alpha value is -1.09. The molecule has 5 rings (SSSR count). The van der Waals surface area contributed by atoms with Crippen molar-refractivity contribution in [3.63, 3.8) is 0 Å². The summed E-state index contributed by atoms with van der Waals surface area (Å²) in [6.07, 6.45) is 6.17. The summed E-state index contributed by atoms with van der Waals surface area (Å²) in [5.41, 5.74) is -5.20. The Bertz CT molecular complexity index is 1120. The number of thioether (sulfide) groups is 1. The summed E-state index contributed by atoms with van der Waals surface area (Å²) in [5.74, 6) is 0.586. The van der Waals surface area contributed by atoms with Gasteiger partial charge in [-0.25, -0.2) is 0 Å². The molecule has 0 amide bonds. The molecular weight excluding hydrogens is 473 g/mol. The molecule has 3 fully saturated rings. The maximum Gasteiger partial charge on any atom is 0.534 e. The van der Waals surface area contributed by atoms with Gasteiger partial charge in [-0.15, -0.1) is 11.8 Å². The fraction of sp³-hybridized carbons (Fsp3) is 0.750. The molecule has 0 aromatic heterocycles. The normalized spacial score (nSPS) is 38.9. The van der Waals surface area contributed by atoms with Gasteiger partial charge in [0.05, 0.1) is 7.11 Å². The topological polar surface area (TPSA) is 52.6 Å². The van der Waals surface area contributed by atoms with E-state index >= 15 is 0 Å². The first kappa shape index (κ1) is 23.6. The van der Waals surface area contributed by atoms with Crippen molar-refractivity contribution in [1.82, 2.24) is 0 Å². The average Bonchev–Trinajstić information content (AvgIpc) is 3.41. The van der Waals surface area contributed by atoms with Crippen LogP contribution in [0.4, 0.5) is 13.2 Å². The second-order valence-electron chi connectivity index (χ2n) is 11.4. The van der Waals surface area contributed by atoms with Crippen LogP contribution in [0.25, 0.3) is 0 Å². The molecule has 3 aliphatic carbocycles. The van der Waals surface area contributed by atoms with Crippen molar-refractivity contribution >= 4 is 21.9 Å². The maximum atomic E-state index is 13.3. The zero-order valence-electron chi connectivity index (χ0n) is 19.6. The molecule has 5 atom stereocenters. The van der Waals surface area contributed by atoms with E-state index in [1.165, 1.54) is 19.6 Å². The number of hydrogen-bond donors (Lipinski definition) is 0. The summed E-state index contributed by atoms with van der Waals surface area (Å²) in [6, 6.07) is 3.13. The number of methoxy groups -OCH3 is 1. The monoisotopic (exact) mass is 504 g/mol. The fourth-order valence-corrected chi connectivity index (χ4v) is 10.7. The first-order valence-corrected chi connectivity index (χ1v) is 13.8. The minimum absolute atomic E-state index is 0.0389. The van der Waals surface area contributed by atoms with Crippen molar-refractivity contribution in [3.05, 3.63) is 17.7 Å². The van der Waals surface area contributed by atoms with Crippen LogP contribution in [0.15, 0.2) is 17.0 Å². The molecule has 1 aromatic rings. The first-order valence-electron chi connectivity index (χ1n) is 11.5. The van der Waals surface area contributed by atoms with E-state index in [0.29, 0.717) is 22.5 Å². The van der Waals surface area contributed by atoms with Crippen molar-refractivity contribution in [3.8, 4) is 11.5 Å². The van der Waals surface area contributed by atoms with Crippen LogP contribution < -0.4 is 8.92 Å². The van der Waals surface area contributed by atoms with Crippen LogP contribution in [-0.2, 0) is 15.5 Å². The van der Waals surface area contributed by atoms with E-state index in [1.54, 1.807) is 11.8 Å². The van der Waals surface area contributed by atoms with Crippen LogP contribution in [-0.4, -0.2) is 26.3 Å². The van der Waals surface area contributed by atoms with E-state index in [-0.39, 0.29) is 22.0 Å². The van der Waals surface area contributed by atoms with Crippen LogP contribution in [0.5, 0.6) is 11.5 Å². The zero-order chi connectivity index (χ0) is 24.2. The van der Waals surface area contributed by atoms with E-state index in [0.717, 1.165) is 37.0 Å². The number of ether oxygens (including phenoxy) is 1. The van der Waals surface area contributed by atoms with Gasteiger partial charge in [0.1, 0.15) is 5.75 Å². The highest BCUT2D eigenvalue weighted by molar-refractivity contribution is 8.00. The number of rotatable bonds is 3. The summed E-state index contributed by atoms with van der Waals surface area (Å²) < 4.78 is 74.0. The maximum absolute atomic E-state index is 13.3. The first-order chi connectivity index (χ1) is 15.1. The van der Waals surface area contributed by atoms with Crippen molar-refractivity contribution < 1.29 is 30.5 Å². The predicted octanol–water partition coefficient (Wildman–Crippen LogP) is 6.67. The molecule has 0 N–H and O–H groups in total. The van der Waals surface area contributed by atoms with Gasteiger partial charge in [-0.3, -0.25) is 0 Å². The minimum atomic E-state index is -5.80. The lowest BCUT2D eigenvalue weighted by atomic mass is 9.40. The molecule has 1 spiro atoms. The number of fused-ring (bicyclic) bond motifs is 3. The summed E-state index contributed by atoms with van der Waals surface area (Å²) in [5, 5.41) is 0.357. The quantitative estimate of drug-likeness (QED) is 0.340. The Morgan fingerprint density at radius 3 is 2.42 bits per heavy atom. The van der Waals surface area contributed by atoms with Gasteiger partial charge in [-0.2, -0.15) is 21.6 Å². The van der Waals surface area contributed by atoms with E-state index < -0.39 is 21.0 Å². The SMILES string of the molecule is COc1cc(OS(=O)(=O)C(F)(F)F)c2c(c1)SC1CC13[C@@]2(C)CCC1C(C)(C)CCC[C@@]13C. The molecule has 3 unspecified atom stereocenters. The third-order valence-electron chi connectivity index (χ3n) is 9.64. The van der Waals surface area contributed by atoms with Crippen molar-refractivity contribution in [2.75, 3.05) is 7.11 Å². The zero-order valence-corrected chi connectivity index (χ0v) is 21.3. The Balaban J connectivity index is 1.69. The number of alkyl halides is 3. The van der Waals surface area contributed by atoms with Crippen molar-refractivity contribution in [2.45, 2.75) is 87.3 Å². The molecule has 0 bridgehead atoms. The highest BCUT2D eigenvalue weighted by atomic mass is 32.2. The lowest BCUT2D eigenvalue weighted by Gasteiger charge is -2.65. The number of hydrogen-bond acceptors (Lipinski definition) is 5. The lowest BCUT2D eigenvalue weighted by molar-refractivity contribution is -0.120. The largest absolute Gasteiger partial charge is 0.534 e. The molecule has 1 aromatic carbocycles. The van der Waals surface area contributed by atoms with Gasteiger partial charge >= 0.3 is 15.6 Å². The molecule has 9 heteroatoms. The third kappa shape index (κ3) is 2.93. The molecule has 4 aliphatic rings. The Morgan fingerprint density at radius 1 is 1.09 bits per heavy atom. The average molecular weight is 505 g/mol. The lowest BCUT2D eigenvalue weighted by Crippen LogP contribution is -2.59. The van der Waals surface area contributed by atoms with Crippen LogP contribution >= 0.6 is 11.8 Å². The molecule has 4 nitrogen and oxygen atoms in total. The van der Waals surface area contributed by atoms with E-state index in [4.69, 9.17) is 8.92 Å². The molecule has 1 heterocycles. The second kappa shape index (κ2) is 6.77. The predicted molar refractivity (Wildman–Crippen MR) is 121 cm³/mol. The molecule has 1 aliphatic heterocycles. The Labute approximate surface area is 198 Å². The minimum Gasteiger partial charge on any atom is -0.497 e. The van der Waals surface area contributed by atoms with Crippen LogP contribution in [0.2, 0.25) is 0 Å². The fourth-order valence-electron chi connectivity index (χ4n) is 8.26. The third-order valence-corrected chi connectivity index (χ3v) is 12.0. The van der Waals surface area contributed by atoms with E-state index in [1.807, 2.05) is 6.07 Å². The van der Waals surface area contributed by atoms with Gasteiger partial charge in [0.2, 0.25) is 0 Å². The summed E-state index contributed by atoms with van der Waals surface area (Å²) in [4.78, 5) is 0.777. The number of benzene rings is 1. The summed E-state index contributed by atoms with van der Waals surface area (Å²) >= 11 is 1.66. The molecule has 33 heavy (non-hydrogen) atoms. The number of halogens is 3. The summed E-state index contributed by atoms with van der Waals surface area (Å²) in [6.45, 7) is 9.22. The van der Waals surface area contributed by atoms with Gasteiger partial charge in [-0.1, -0.05) is 34.1 Å². The van der Waals surface area contributed by atoms with Gasteiger partial charge in [-0.05, 0) is 60.3 Å². The van der Waals surface area contributed by atoms with Crippen LogP contribution in [0.3, 0.4) is 0 Å². The van der Waals surface area contributed by atoms with Gasteiger partial charge in [0.15, 0.2) is 5.75 Å².